The maximum Gasteiger partial charge on any atom is 0.230 e. The highest BCUT2D eigenvalue weighted by Gasteiger charge is 2.48. The number of anilines is 1. The minimum atomic E-state index is -0.236. The Morgan fingerprint density at radius 1 is 1.11 bits per heavy atom. The second kappa shape index (κ2) is 7.90. The van der Waals surface area contributed by atoms with Gasteiger partial charge in [0.15, 0.2) is 0 Å². The van der Waals surface area contributed by atoms with Gasteiger partial charge in [0.1, 0.15) is 11.6 Å². The SMILES string of the molecule is CCc1nc(C)cc(N2CC[C@]3(CCCN(CCc4ccccc4)C3=O)C2)n1. The lowest BCUT2D eigenvalue weighted by atomic mass is 9.78. The van der Waals surface area contributed by atoms with Crippen molar-refractivity contribution in [2.75, 3.05) is 31.1 Å². The van der Waals surface area contributed by atoms with Gasteiger partial charge >= 0.3 is 0 Å². The molecule has 2 aliphatic heterocycles. The summed E-state index contributed by atoms with van der Waals surface area (Å²) >= 11 is 0. The van der Waals surface area contributed by atoms with Crippen molar-refractivity contribution in [2.24, 2.45) is 5.41 Å². The molecular weight excluding hydrogens is 348 g/mol. The van der Waals surface area contributed by atoms with E-state index in [2.05, 4.69) is 52.0 Å². The number of carbonyl (C=O) groups is 1. The smallest absolute Gasteiger partial charge is 0.230 e. The zero-order chi connectivity index (χ0) is 19.6. The van der Waals surface area contributed by atoms with Crippen LogP contribution in [0, 0.1) is 12.3 Å². The van der Waals surface area contributed by atoms with E-state index in [0.717, 1.165) is 75.6 Å². The molecule has 1 aromatic heterocycles. The summed E-state index contributed by atoms with van der Waals surface area (Å²) in [6, 6.07) is 12.5. The quantitative estimate of drug-likeness (QED) is 0.800. The summed E-state index contributed by atoms with van der Waals surface area (Å²) in [5.41, 5.74) is 2.06. The Hall–Kier alpha value is -2.43. The predicted octanol–water partition coefficient (Wildman–Crippen LogP) is 3.41. The molecule has 0 unspecified atom stereocenters. The van der Waals surface area contributed by atoms with E-state index in [1.165, 1.54) is 5.56 Å². The van der Waals surface area contributed by atoms with E-state index >= 15 is 0 Å². The molecule has 3 heterocycles. The molecule has 2 saturated heterocycles. The van der Waals surface area contributed by atoms with Crippen molar-refractivity contribution >= 4 is 11.7 Å². The lowest BCUT2D eigenvalue weighted by Crippen LogP contribution is -2.50. The number of carbonyl (C=O) groups excluding carboxylic acids is 1. The average molecular weight is 379 g/mol. The minimum Gasteiger partial charge on any atom is -0.355 e. The van der Waals surface area contributed by atoms with Crippen LogP contribution < -0.4 is 4.90 Å². The zero-order valence-corrected chi connectivity index (χ0v) is 17.0. The van der Waals surface area contributed by atoms with Crippen LogP contribution in [-0.2, 0) is 17.6 Å². The Labute approximate surface area is 167 Å². The second-order valence-electron chi connectivity index (χ2n) is 8.22. The molecule has 5 nitrogen and oxygen atoms in total. The number of aryl methyl sites for hydroxylation is 2. The van der Waals surface area contributed by atoms with Crippen LogP contribution in [0.1, 0.15) is 43.3 Å². The monoisotopic (exact) mass is 378 g/mol. The van der Waals surface area contributed by atoms with E-state index in [4.69, 9.17) is 4.98 Å². The van der Waals surface area contributed by atoms with Gasteiger partial charge in [0, 0.05) is 44.4 Å². The summed E-state index contributed by atoms with van der Waals surface area (Å²) in [5, 5.41) is 0. The van der Waals surface area contributed by atoms with Gasteiger partial charge in [-0.1, -0.05) is 37.3 Å². The summed E-state index contributed by atoms with van der Waals surface area (Å²) in [7, 11) is 0. The molecule has 2 aromatic rings. The Morgan fingerprint density at radius 2 is 1.93 bits per heavy atom. The first-order valence-corrected chi connectivity index (χ1v) is 10.5. The number of piperidine rings is 1. The number of rotatable bonds is 5. The van der Waals surface area contributed by atoms with Crippen LogP contribution in [0.15, 0.2) is 36.4 Å². The normalized spacial score (nSPS) is 22.3. The molecular formula is C23H30N4O. The van der Waals surface area contributed by atoms with Gasteiger partial charge in [-0.25, -0.2) is 9.97 Å². The molecule has 1 aromatic carbocycles. The van der Waals surface area contributed by atoms with E-state index in [1.807, 2.05) is 13.0 Å². The molecule has 1 spiro atoms. The fourth-order valence-electron chi connectivity index (χ4n) is 4.65. The first-order chi connectivity index (χ1) is 13.6. The maximum atomic E-state index is 13.4. The highest BCUT2D eigenvalue weighted by molar-refractivity contribution is 5.85. The van der Waals surface area contributed by atoms with Crippen LogP contribution >= 0.6 is 0 Å². The highest BCUT2D eigenvalue weighted by Crippen LogP contribution is 2.41. The number of aromatic nitrogens is 2. The molecule has 5 heteroatoms. The van der Waals surface area contributed by atoms with Crippen molar-refractivity contribution < 1.29 is 4.79 Å². The van der Waals surface area contributed by atoms with Crippen LogP contribution in [0.4, 0.5) is 5.82 Å². The van der Waals surface area contributed by atoms with Crippen molar-refractivity contribution in [3.05, 3.63) is 53.5 Å². The standard InChI is InChI=1S/C23H30N4O/c1-3-20-24-18(2)16-21(25-20)27-15-12-23(17-27)11-7-13-26(22(23)28)14-10-19-8-5-4-6-9-19/h4-6,8-9,16H,3,7,10-15,17H2,1-2H3/t23-/m1/s1. The topological polar surface area (TPSA) is 49.3 Å². The number of hydrogen-bond acceptors (Lipinski definition) is 4. The van der Waals surface area contributed by atoms with Gasteiger partial charge in [-0.3, -0.25) is 4.79 Å². The fraction of sp³-hybridized carbons (Fsp3) is 0.522. The average Bonchev–Trinajstić information content (AvgIpc) is 3.14. The van der Waals surface area contributed by atoms with Gasteiger partial charge in [0.2, 0.25) is 5.91 Å². The van der Waals surface area contributed by atoms with E-state index < -0.39 is 0 Å². The van der Waals surface area contributed by atoms with E-state index in [9.17, 15) is 4.79 Å². The lowest BCUT2D eigenvalue weighted by molar-refractivity contribution is -0.144. The third kappa shape index (κ3) is 3.75. The molecule has 2 fully saturated rings. The minimum absolute atomic E-state index is 0.236. The van der Waals surface area contributed by atoms with Crippen molar-refractivity contribution in [3.8, 4) is 0 Å². The molecule has 0 aliphatic carbocycles. The second-order valence-corrected chi connectivity index (χ2v) is 8.22. The molecule has 0 bridgehead atoms. The third-order valence-corrected chi connectivity index (χ3v) is 6.22. The van der Waals surface area contributed by atoms with Crippen LogP contribution in [0.25, 0.3) is 0 Å². The van der Waals surface area contributed by atoms with Crippen molar-refractivity contribution in [1.29, 1.82) is 0 Å². The number of nitrogens with zero attached hydrogens (tertiary/aromatic N) is 4. The number of hydrogen-bond donors (Lipinski definition) is 0. The Morgan fingerprint density at radius 3 is 2.71 bits per heavy atom. The molecule has 2 aliphatic rings. The summed E-state index contributed by atoms with van der Waals surface area (Å²) in [5.74, 6) is 2.21. The lowest BCUT2D eigenvalue weighted by Gasteiger charge is -2.39. The molecule has 28 heavy (non-hydrogen) atoms. The summed E-state index contributed by atoms with van der Waals surface area (Å²) in [6.07, 6.45) is 4.78. The predicted molar refractivity (Wildman–Crippen MR) is 111 cm³/mol. The van der Waals surface area contributed by atoms with Crippen LogP contribution in [0.2, 0.25) is 0 Å². The highest BCUT2D eigenvalue weighted by atomic mass is 16.2. The largest absolute Gasteiger partial charge is 0.355 e. The van der Waals surface area contributed by atoms with Gasteiger partial charge in [-0.15, -0.1) is 0 Å². The number of amides is 1. The zero-order valence-electron chi connectivity index (χ0n) is 17.0. The van der Waals surface area contributed by atoms with Crippen molar-refractivity contribution in [1.82, 2.24) is 14.9 Å². The summed E-state index contributed by atoms with van der Waals surface area (Å²) in [6.45, 7) is 7.49. The van der Waals surface area contributed by atoms with E-state index in [0.29, 0.717) is 5.91 Å². The molecule has 0 N–H and O–H groups in total. The van der Waals surface area contributed by atoms with Crippen LogP contribution in [0.5, 0.6) is 0 Å². The number of likely N-dealkylation sites (tertiary alicyclic amines) is 1. The van der Waals surface area contributed by atoms with E-state index in [-0.39, 0.29) is 5.41 Å². The Balaban J connectivity index is 1.46. The van der Waals surface area contributed by atoms with Crippen LogP contribution in [0.3, 0.4) is 0 Å². The molecule has 0 saturated carbocycles. The van der Waals surface area contributed by atoms with E-state index in [1.54, 1.807) is 0 Å². The van der Waals surface area contributed by atoms with Gasteiger partial charge in [-0.05, 0) is 38.2 Å². The molecule has 1 atom stereocenters. The van der Waals surface area contributed by atoms with Crippen molar-refractivity contribution in [2.45, 2.75) is 46.0 Å². The molecule has 0 radical (unpaired) electrons. The first kappa shape index (κ1) is 18.9. The maximum absolute atomic E-state index is 13.4. The molecule has 148 valence electrons. The molecule has 4 rings (SSSR count). The van der Waals surface area contributed by atoms with Gasteiger partial charge in [0.05, 0.1) is 5.41 Å². The summed E-state index contributed by atoms with van der Waals surface area (Å²) < 4.78 is 0. The van der Waals surface area contributed by atoms with Crippen molar-refractivity contribution in [3.63, 3.8) is 0 Å². The Kier molecular flexibility index (Phi) is 5.33. The van der Waals surface area contributed by atoms with Gasteiger partial charge < -0.3 is 9.80 Å². The van der Waals surface area contributed by atoms with Gasteiger partial charge in [0.25, 0.3) is 0 Å². The number of benzene rings is 1. The first-order valence-electron chi connectivity index (χ1n) is 10.5. The Bertz CT molecular complexity index is 838. The van der Waals surface area contributed by atoms with Crippen LogP contribution in [-0.4, -0.2) is 47.0 Å². The van der Waals surface area contributed by atoms with Gasteiger partial charge in [-0.2, -0.15) is 0 Å². The third-order valence-electron chi connectivity index (χ3n) is 6.22. The molecule has 1 amide bonds. The summed E-state index contributed by atoms with van der Waals surface area (Å²) in [4.78, 5) is 27.0. The fourth-order valence-corrected chi connectivity index (χ4v) is 4.65.